The van der Waals surface area contributed by atoms with Crippen LogP contribution in [0.2, 0.25) is 0 Å². The number of benzene rings is 3. The highest BCUT2D eigenvalue weighted by atomic mass is 16.5. The van der Waals surface area contributed by atoms with E-state index in [1.807, 2.05) is 91.0 Å². The van der Waals surface area contributed by atoms with E-state index in [0.29, 0.717) is 17.4 Å². The molecule has 4 rings (SSSR count). The van der Waals surface area contributed by atoms with Gasteiger partial charge in [-0.05, 0) is 36.4 Å². The molecule has 6 heteroatoms. The fourth-order valence-corrected chi connectivity index (χ4v) is 2.32. The Morgan fingerprint density at radius 1 is 0.519 bits per heavy atom. The summed E-state index contributed by atoms with van der Waals surface area (Å²) in [5, 5.41) is 3.13. The first-order valence-corrected chi connectivity index (χ1v) is 8.39. The van der Waals surface area contributed by atoms with Crippen molar-refractivity contribution in [1.29, 1.82) is 0 Å². The molecule has 0 bridgehead atoms. The number of para-hydroxylation sites is 3. The fourth-order valence-electron chi connectivity index (χ4n) is 2.32. The molecular formula is C21H16N4O2. The Morgan fingerprint density at radius 2 is 0.963 bits per heavy atom. The first kappa shape index (κ1) is 16.5. The number of hydrogen-bond donors (Lipinski definition) is 1. The Balaban J connectivity index is 1.64. The minimum atomic E-state index is 0.139. The monoisotopic (exact) mass is 356 g/mol. The number of aromatic nitrogens is 3. The van der Waals surface area contributed by atoms with Crippen molar-refractivity contribution in [1.82, 2.24) is 15.0 Å². The second-order valence-corrected chi connectivity index (χ2v) is 5.55. The standard InChI is InChI=1S/C21H16N4O2/c1-4-10-16(11-5-1)22-19-23-20(26-17-12-6-2-7-13-17)25-21(24-19)27-18-14-8-3-9-15-18/h1-15H,(H,22,23,24,25). The quantitative estimate of drug-likeness (QED) is 0.512. The van der Waals surface area contributed by atoms with Crippen LogP contribution in [-0.2, 0) is 0 Å². The van der Waals surface area contributed by atoms with Gasteiger partial charge in [0.25, 0.3) is 0 Å². The molecule has 0 spiro atoms. The average molecular weight is 356 g/mol. The third-order valence-electron chi connectivity index (χ3n) is 3.53. The van der Waals surface area contributed by atoms with Gasteiger partial charge in [0, 0.05) is 5.69 Å². The highest BCUT2D eigenvalue weighted by Gasteiger charge is 2.11. The zero-order chi connectivity index (χ0) is 18.3. The van der Waals surface area contributed by atoms with Crippen LogP contribution < -0.4 is 14.8 Å². The van der Waals surface area contributed by atoms with E-state index in [1.165, 1.54) is 0 Å². The predicted octanol–water partition coefficient (Wildman–Crippen LogP) is 5.20. The normalized spacial score (nSPS) is 10.2. The molecule has 0 aliphatic rings. The minimum absolute atomic E-state index is 0.139. The maximum atomic E-state index is 5.75. The second-order valence-electron chi connectivity index (χ2n) is 5.55. The summed E-state index contributed by atoms with van der Waals surface area (Å²) in [6.07, 6.45) is 0. The van der Waals surface area contributed by atoms with Crippen LogP contribution in [0.25, 0.3) is 0 Å². The average Bonchev–Trinajstić information content (AvgIpc) is 2.70. The third kappa shape index (κ3) is 4.58. The van der Waals surface area contributed by atoms with Gasteiger partial charge in [0.2, 0.25) is 5.95 Å². The zero-order valence-electron chi connectivity index (χ0n) is 14.3. The Bertz CT molecular complexity index is 852. The Hall–Kier alpha value is -3.93. The third-order valence-corrected chi connectivity index (χ3v) is 3.53. The molecule has 0 atom stereocenters. The molecule has 27 heavy (non-hydrogen) atoms. The first-order chi connectivity index (χ1) is 13.3. The van der Waals surface area contributed by atoms with E-state index in [4.69, 9.17) is 9.47 Å². The summed E-state index contributed by atoms with van der Waals surface area (Å²) >= 11 is 0. The van der Waals surface area contributed by atoms with Gasteiger partial charge in [0.1, 0.15) is 11.5 Å². The molecule has 6 nitrogen and oxygen atoms in total. The lowest BCUT2D eigenvalue weighted by Crippen LogP contribution is -2.03. The van der Waals surface area contributed by atoms with E-state index in [2.05, 4.69) is 20.3 Å². The van der Waals surface area contributed by atoms with Crippen LogP contribution in [0.4, 0.5) is 11.6 Å². The molecular weight excluding hydrogens is 340 g/mol. The van der Waals surface area contributed by atoms with Crippen molar-refractivity contribution >= 4 is 11.6 Å². The summed E-state index contributed by atoms with van der Waals surface area (Å²) in [6.45, 7) is 0. The molecule has 1 aromatic heterocycles. The van der Waals surface area contributed by atoms with E-state index in [-0.39, 0.29) is 12.0 Å². The largest absolute Gasteiger partial charge is 0.424 e. The maximum Gasteiger partial charge on any atom is 0.330 e. The highest BCUT2D eigenvalue weighted by Crippen LogP contribution is 2.24. The Morgan fingerprint density at radius 3 is 1.44 bits per heavy atom. The van der Waals surface area contributed by atoms with Crippen molar-refractivity contribution in [3.63, 3.8) is 0 Å². The van der Waals surface area contributed by atoms with Gasteiger partial charge in [0.15, 0.2) is 0 Å². The van der Waals surface area contributed by atoms with Crippen molar-refractivity contribution in [2.24, 2.45) is 0 Å². The molecule has 0 saturated heterocycles. The summed E-state index contributed by atoms with van der Waals surface area (Å²) in [5.41, 5.74) is 0.847. The SMILES string of the molecule is c1ccc(Nc2nc(Oc3ccccc3)nc(Oc3ccccc3)n2)cc1. The summed E-state index contributed by atoms with van der Waals surface area (Å²) in [4.78, 5) is 12.9. The van der Waals surface area contributed by atoms with E-state index < -0.39 is 0 Å². The van der Waals surface area contributed by atoms with E-state index >= 15 is 0 Å². The first-order valence-electron chi connectivity index (χ1n) is 8.39. The number of nitrogens with zero attached hydrogens (tertiary/aromatic N) is 3. The van der Waals surface area contributed by atoms with Crippen molar-refractivity contribution < 1.29 is 9.47 Å². The van der Waals surface area contributed by atoms with Crippen molar-refractivity contribution in [3.8, 4) is 23.5 Å². The molecule has 4 aromatic rings. The Kier molecular flexibility index (Phi) is 4.88. The molecule has 132 valence electrons. The number of anilines is 2. The van der Waals surface area contributed by atoms with Crippen molar-refractivity contribution in [2.45, 2.75) is 0 Å². The van der Waals surface area contributed by atoms with Gasteiger partial charge in [0.05, 0.1) is 0 Å². The molecule has 1 heterocycles. The molecule has 0 aliphatic heterocycles. The minimum Gasteiger partial charge on any atom is -0.424 e. The molecule has 1 N–H and O–H groups in total. The van der Waals surface area contributed by atoms with Gasteiger partial charge in [-0.25, -0.2) is 0 Å². The Labute approximate surface area is 156 Å². The smallest absolute Gasteiger partial charge is 0.330 e. The van der Waals surface area contributed by atoms with Gasteiger partial charge in [-0.2, -0.15) is 9.97 Å². The van der Waals surface area contributed by atoms with Crippen molar-refractivity contribution in [2.75, 3.05) is 5.32 Å². The molecule has 0 unspecified atom stereocenters. The molecule has 0 aliphatic carbocycles. The molecule has 0 fully saturated rings. The predicted molar refractivity (Wildman–Crippen MR) is 103 cm³/mol. The van der Waals surface area contributed by atoms with E-state index in [0.717, 1.165) is 5.69 Å². The van der Waals surface area contributed by atoms with Crippen LogP contribution in [0.15, 0.2) is 91.0 Å². The zero-order valence-corrected chi connectivity index (χ0v) is 14.3. The number of nitrogens with one attached hydrogen (secondary N) is 1. The summed E-state index contributed by atoms with van der Waals surface area (Å²) < 4.78 is 11.5. The lowest BCUT2D eigenvalue weighted by Gasteiger charge is -2.10. The highest BCUT2D eigenvalue weighted by molar-refractivity contribution is 5.53. The molecule has 0 radical (unpaired) electrons. The second kappa shape index (κ2) is 7.97. The van der Waals surface area contributed by atoms with Crippen LogP contribution in [0, 0.1) is 0 Å². The summed E-state index contributed by atoms with van der Waals surface area (Å²) in [7, 11) is 0. The van der Waals surface area contributed by atoms with Crippen LogP contribution in [0.5, 0.6) is 23.5 Å². The van der Waals surface area contributed by atoms with Gasteiger partial charge in [-0.15, -0.1) is 4.98 Å². The van der Waals surface area contributed by atoms with Gasteiger partial charge in [-0.3, -0.25) is 0 Å². The van der Waals surface area contributed by atoms with Crippen molar-refractivity contribution in [3.05, 3.63) is 91.0 Å². The maximum absolute atomic E-state index is 5.75. The van der Waals surface area contributed by atoms with Crippen LogP contribution in [-0.4, -0.2) is 15.0 Å². The van der Waals surface area contributed by atoms with Crippen LogP contribution >= 0.6 is 0 Å². The van der Waals surface area contributed by atoms with E-state index in [1.54, 1.807) is 0 Å². The van der Waals surface area contributed by atoms with Gasteiger partial charge < -0.3 is 14.8 Å². The lowest BCUT2D eigenvalue weighted by molar-refractivity contribution is 0.399. The van der Waals surface area contributed by atoms with Crippen LogP contribution in [0.1, 0.15) is 0 Å². The molecule has 0 amide bonds. The fraction of sp³-hybridized carbons (Fsp3) is 0. The topological polar surface area (TPSA) is 69.2 Å². The number of rotatable bonds is 6. The molecule has 3 aromatic carbocycles. The van der Waals surface area contributed by atoms with Crippen LogP contribution in [0.3, 0.4) is 0 Å². The number of ether oxygens (including phenoxy) is 2. The summed E-state index contributed by atoms with van der Waals surface area (Å²) in [5.74, 6) is 1.58. The summed E-state index contributed by atoms with van der Waals surface area (Å²) in [6, 6.07) is 28.5. The lowest BCUT2D eigenvalue weighted by atomic mass is 10.3. The van der Waals surface area contributed by atoms with E-state index in [9.17, 15) is 0 Å². The molecule has 0 saturated carbocycles. The van der Waals surface area contributed by atoms with Gasteiger partial charge in [-0.1, -0.05) is 54.6 Å². The number of hydrogen-bond acceptors (Lipinski definition) is 6. The van der Waals surface area contributed by atoms with Gasteiger partial charge >= 0.3 is 12.0 Å².